The van der Waals surface area contributed by atoms with Gasteiger partial charge in [0.15, 0.2) is 0 Å². The van der Waals surface area contributed by atoms with Crippen LogP contribution in [0.4, 0.5) is 0 Å². The highest BCUT2D eigenvalue weighted by Crippen LogP contribution is 2.60. The van der Waals surface area contributed by atoms with Gasteiger partial charge < -0.3 is 25.4 Å². The van der Waals surface area contributed by atoms with Gasteiger partial charge in [-0.1, -0.05) is 76.4 Å². The summed E-state index contributed by atoms with van der Waals surface area (Å²) in [7, 11) is 0. The molecule has 3 fully saturated rings. The first-order valence-corrected chi connectivity index (χ1v) is 15.5. The molecule has 0 radical (unpaired) electrons. The van der Waals surface area contributed by atoms with E-state index in [2.05, 4.69) is 36.9 Å². The van der Waals surface area contributed by atoms with Crippen LogP contribution in [0.1, 0.15) is 37.7 Å². The van der Waals surface area contributed by atoms with E-state index in [-0.39, 0.29) is 35.8 Å². The Labute approximate surface area is 252 Å². The van der Waals surface area contributed by atoms with Crippen LogP contribution in [0.2, 0.25) is 0 Å². The summed E-state index contributed by atoms with van der Waals surface area (Å²) in [5.41, 5.74) is 1.34. The number of fused-ring (bicyclic) bond motifs is 2. The molecule has 42 heavy (non-hydrogen) atoms. The second kappa shape index (κ2) is 12.1. The zero-order valence-electron chi connectivity index (χ0n) is 23.2. The molecular weight excluding hydrogens is 604 g/mol. The number of hydrogen-bond donors (Lipinski definition) is 3. The van der Waals surface area contributed by atoms with Crippen molar-refractivity contribution in [3.8, 4) is 0 Å². The van der Waals surface area contributed by atoms with Gasteiger partial charge in [0, 0.05) is 24.5 Å². The van der Waals surface area contributed by atoms with Crippen molar-refractivity contribution >= 4 is 44.7 Å². The predicted octanol–water partition coefficient (Wildman–Crippen LogP) is 2.12. The smallest absolute Gasteiger partial charge is 0.247 e. The van der Waals surface area contributed by atoms with Gasteiger partial charge in [-0.15, -0.1) is 5.10 Å². The average molecular weight is 640 g/mol. The summed E-state index contributed by atoms with van der Waals surface area (Å²) in [6.07, 6.45) is 2.94. The zero-order valence-corrected chi connectivity index (χ0v) is 24.8. The molecule has 3 aliphatic rings. The predicted molar refractivity (Wildman–Crippen MR) is 157 cm³/mol. The van der Waals surface area contributed by atoms with Crippen molar-refractivity contribution in [3.05, 3.63) is 60.2 Å². The highest BCUT2D eigenvalue weighted by atomic mass is 79.9. The fourth-order valence-corrected chi connectivity index (χ4v) is 7.85. The molecule has 222 valence electrons. The number of likely N-dealkylation sites (tertiary alicyclic amines) is 1. The molecule has 3 N–H and O–H groups in total. The number of aliphatic hydroxyl groups excluding tert-OH is 1. The first kappa shape index (κ1) is 28.8. The Kier molecular flexibility index (Phi) is 8.28. The van der Waals surface area contributed by atoms with E-state index in [1.165, 1.54) is 0 Å². The van der Waals surface area contributed by atoms with Crippen LogP contribution in [0, 0.1) is 11.8 Å². The molecule has 6 atom stereocenters. The molecule has 3 aliphatic heterocycles. The number of nitrogens with zero attached hydrogens (tertiary/aromatic N) is 4. The third-order valence-corrected chi connectivity index (χ3v) is 9.63. The van der Waals surface area contributed by atoms with Crippen LogP contribution < -0.4 is 10.6 Å². The fourth-order valence-electron chi connectivity index (χ4n) is 6.90. The van der Waals surface area contributed by atoms with Gasteiger partial charge in [0.1, 0.15) is 23.8 Å². The first-order chi connectivity index (χ1) is 20.4. The van der Waals surface area contributed by atoms with Gasteiger partial charge in [-0.05, 0) is 37.0 Å². The molecule has 1 spiro atoms. The number of para-hydroxylation sites is 1. The van der Waals surface area contributed by atoms with Crippen molar-refractivity contribution in [3.63, 3.8) is 0 Å². The number of halogens is 1. The molecule has 0 aliphatic carbocycles. The minimum atomic E-state index is -1.12. The van der Waals surface area contributed by atoms with Crippen molar-refractivity contribution in [2.75, 3.05) is 13.2 Å². The minimum absolute atomic E-state index is 0.0806. The number of benzene rings is 2. The standard InChI is InChI=1S/C30H35BrN6O5/c31-20-16-30-24(23(25(20)42-30)27(39)32-17-19-10-4-3-5-11-19)29(41)36(14-8-1-2-9-15-38)26(30)28(40)33-18-37-22-13-7-6-12-21(22)34-35-37/h3-7,10-13,20,23-26,38H,1-2,8-9,14-18H2,(H,32,39)(H,33,40)/t20?,23-,24+,25-,26?,30?/m1/s1. The van der Waals surface area contributed by atoms with Crippen molar-refractivity contribution in [1.29, 1.82) is 0 Å². The number of aromatic nitrogens is 3. The molecule has 1 aromatic heterocycles. The van der Waals surface area contributed by atoms with E-state index < -0.39 is 29.6 Å². The monoisotopic (exact) mass is 638 g/mol. The van der Waals surface area contributed by atoms with Gasteiger partial charge in [-0.25, -0.2) is 4.68 Å². The fraction of sp³-hybridized carbons (Fsp3) is 0.500. The van der Waals surface area contributed by atoms with Crippen LogP contribution >= 0.6 is 15.9 Å². The number of nitrogens with one attached hydrogen (secondary N) is 2. The number of hydrogen-bond acceptors (Lipinski definition) is 7. The number of unbranched alkanes of at least 4 members (excludes halogenated alkanes) is 3. The maximum absolute atomic E-state index is 14.1. The highest BCUT2D eigenvalue weighted by molar-refractivity contribution is 9.09. The van der Waals surface area contributed by atoms with Gasteiger partial charge in [-0.2, -0.15) is 0 Å². The second-order valence-corrected chi connectivity index (χ2v) is 12.5. The SMILES string of the molecule is O=C(NCn1nnc2ccccc21)C1N(CCCCCCO)C(=O)[C@@H]2[C@@H](C(=O)NCc3ccccc3)[C@@H]3OC12CC3Br. The molecule has 4 heterocycles. The summed E-state index contributed by atoms with van der Waals surface area (Å²) in [5, 5.41) is 23.5. The lowest BCUT2D eigenvalue weighted by molar-refractivity contribution is -0.142. The Morgan fingerprint density at radius 3 is 2.60 bits per heavy atom. The zero-order chi connectivity index (χ0) is 29.3. The van der Waals surface area contributed by atoms with E-state index in [0.717, 1.165) is 29.4 Å². The molecule has 3 aromatic rings. The first-order valence-electron chi connectivity index (χ1n) is 14.6. The van der Waals surface area contributed by atoms with E-state index in [9.17, 15) is 14.4 Å². The highest BCUT2D eigenvalue weighted by Gasteiger charge is 2.76. The lowest BCUT2D eigenvalue weighted by atomic mass is 9.70. The summed E-state index contributed by atoms with van der Waals surface area (Å²) >= 11 is 3.71. The van der Waals surface area contributed by atoms with Crippen LogP contribution in [0.5, 0.6) is 0 Å². The summed E-state index contributed by atoms with van der Waals surface area (Å²) < 4.78 is 8.18. The molecule has 11 nitrogen and oxygen atoms in total. The van der Waals surface area contributed by atoms with Gasteiger partial charge in [-0.3, -0.25) is 14.4 Å². The number of rotatable bonds is 12. The summed E-state index contributed by atoms with van der Waals surface area (Å²) in [6.45, 7) is 0.912. The minimum Gasteiger partial charge on any atom is -0.396 e. The van der Waals surface area contributed by atoms with Crippen molar-refractivity contribution < 1.29 is 24.2 Å². The van der Waals surface area contributed by atoms with Gasteiger partial charge in [0.25, 0.3) is 0 Å². The van der Waals surface area contributed by atoms with Crippen LogP contribution in [0.3, 0.4) is 0 Å². The topological polar surface area (TPSA) is 139 Å². The van der Waals surface area contributed by atoms with Crippen LogP contribution in [-0.4, -0.2) is 78.4 Å². The Balaban J connectivity index is 1.24. The Hall–Kier alpha value is -3.35. The normalized spacial score (nSPS) is 27.9. The Morgan fingerprint density at radius 2 is 1.79 bits per heavy atom. The van der Waals surface area contributed by atoms with Crippen LogP contribution in [0.25, 0.3) is 11.0 Å². The summed E-state index contributed by atoms with van der Waals surface area (Å²) in [5.74, 6) is -2.27. The molecule has 3 amide bonds. The van der Waals surface area contributed by atoms with Crippen molar-refractivity contribution in [1.82, 2.24) is 30.5 Å². The Bertz CT molecular complexity index is 1450. The number of carbonyl (C=O) groups is 3. The van der Waals surface area contributed by atoms with Gasteiger partial charge >= 0.3 is 0 Å². The lowest BCUT2D eigenvalue weighted by Gasteiger charge is -2.34. The number of alkyl halides is 1. The molecule has 12 heteroatoms. The van der Waals surface area contributed by atoms with Crippen molar-refractivity contribution in [2.24, 2.45) is 11.8 Å². The van der Waals surface area contributed by atoms with Crippen LogP contribution in [-0.2, 0) is 32.3 Å². The van der Waals surface area contributed by atoms with E-state index in [1.54, 1.807) is 9.58 Å². The Morgan fingerprint density at radius 1 is 1.02 bits per heavy atom. The van der Waals surface area contributed by atoms with E-state index >= 15 is 0 Å². The van der Waals surface area contributed by atoms with Gasteiger partial charge in [0.2, 0.25) is 17.7 Å². The molecule has 2 aromatic carbocycles. The van der Waals surface area contributed by atoms with E-state index in [1.807, 2.05) is 54.6 Å². The molecule has 3 saturated heterocycles. The number of carbonyl (C=O) groups excluding carboxylic acids is 3. The average Bonchev–Trinajstić information content (AvgIpc) is 3.72. The third kappa shape index (κ3) is 5.09. The number of aliphatic hydroxyl groups is 1. The number of amides is 3. The quantitative estimate of drug-likeness (QED) is 0.204. The molecule has 2 bridgehead atoms. The number of ether oxygens (including phenoxy) is 1. The van der Waals surface area contributed by atoms with Gasteiger partial charge in [0.05, 0.1) is 23.5 Å². The maximum Gasteiger partial charge on any atom is 0.247 e. The summed E-state index contributed by atoms with van der Waals surface area (Å²) in [6, 6.07) is 16.2. The molecule has 3 unspecified atom stereocenters. The maximum atomic E-state index is 14.1. The van der Waals surface area contributed by atoms with E-state index in [4.69, 9.17) is 9.84 Å². The largest absolute Gasteiger partial charge is 0.396 e. The molecular formula is C30H35BrN6O5. The van der Waals surface area contributed by atoms with Crippen LogP contribution in [0.15, 0.2) is 54.6 Å². The van der Waals surface area contributed by atoms with Crippen molar-refractivity contribution in [2.45, 2.75) is 67.9 Å². The lowest BCUT2D eigenvalue weighted by Crippen LogP contribution is -2.56. The van der Waals surface area contributed by atoms with E-state index in [0.29, 0.717) is 32.4 Å². The molecule has 6 rings (SSSR count). The summed E-state index contributed by atoms with van der Waals surface area (Å²) in [4.78, 5) is 43.2. The molecule has 0 saturated carbocycles. The second-order valence-electron chi connectivity index (χ2n) is 11.3. The third-order valence-electron chi connectivity index (χ3n) is 8.78.